The molecule has 0 aliphatic carbocycles. The lowest BCUT2D eigenvalue weighted by Crippen LogP contribution is -2.23. The van der Waals surface area contributed by atoms with Gasteiger partial charge in [-0.25, -0.2) is 21.9 Å². The molecule has 1 N–H and O–H groups in total. The molecule has 0 aliphatic rings. The first-order valence-corrected chi connectivity index (χ1v) is 9.37. The van der Waals surface area contributed by atoms with Crippen LogP contribution in [0.15, 0.2) is 47.4 Å². The van der Waals surface area contributed by atoms with Crippen molar-refractivity contribution in [3.05, 3.63) is 58.9 Å². The van der Waals surface area contributed by atoms with Gasteiger partial charge in [-0.1, -0.05) is 17.7 Å². The van der Waals surface area contributed by atoms with Gasteiger partial charge in [0, 0.05) is 19.8 Å². The zero-order valence-electron chi connectivity index (χ0n) is 14.4. The number of ether oxygens (including phenoxy) is 1. The van der Waals surface area contributed by atoms with Crippen molar-refractivity contribution >= 4 is 39.2 Å². The van der Waals surface area contributed by atoms with Gasteiger partial charge in [-0.2, -0.15) is 0 Å². The fraction of sp³-hybridized carbons (Fsp3) is 0.176. The molecule has 2 rings (SSSR count). The average molecular weight is 415 g/mol. The molecule has 10 heteroatoms. The predicted octanol–water partition coefficient (Wildman–Crippen LogP) is 2.52. The van der Waals surface area contributed by atoms with E-state index in [2.05, 4.69) is 5.32 Å². The van der Waals surface area contributed by atoms with Crippen LogP contribution < -0.4 is 5.32 Å². The minimum absolute atomic E-state index is 0.000360. The molecule has 2 aromatic carbocycles. The van der Waals surface area contributed by atoms with Gasteiger partial charge in [0.15, 0.2) is 6.61 Å². The summed E-state index contributed by atoms with van der Waals surface area (Å²) in [6, 6.07) is 8.77. The van der Waals surface area contributed by atoms with E-state index in [1.807, 2.05) is 0 Å². The van der Waals surface area contributed by atoms with Crippen LogP contribution in [-0.2, 0) is 19.6 Å². The maximum atomic E-state index is 13.0. The van der Waals surface area contributed by atoms with Crippen LogP contribution >= 0.6 is 11.6 Å². The number of carbonyl (C=O) groups excluding carboxylic acids is 2. The second-order valence-corrected chi connectivity index (χ2v) is 8.12. The summed E-state index contributed by atoms with van der Waals surface area (Å²) >= 11 is 5.75. The highest BCUT2D eigenvalue weighted by Gasteiger charge is 2.18. The van der Waals surface area contributed by atoms with Gasteiger partial charge >= 0.3 is 5.97 Å². The van der Waals surface area contributed by atoms with Crippen molar-refractivity contribution in [2.75, 3.05) is 26.0 Å². The Morgan fingerprint density at radius 1 is 1.19 bits per heavy atom. The summed E-state index contributed by atoms with van der Waals surface area (Å²) in [4.78, 5) is 23.8. The molecule has 1 amide bonds. The van der Waals surface area contributed by atoms with Crippen LogP contribution in [0.4, 0.5) is 10.1 Å². The number of hydrogen-bond acceptors (Lipinski definition) is 5. The number of nitrogens with one attached hydrogen (secondary N) is 1. The van der Waals surface area contributed by atoms with E-state index >= 15 is 0 Å². The van der Waals surface area contributed by atoms with Crippen molar-refractivity contribution in [1.82, 2.24) is 4.31 Å². The smallest absolute Gasteiger partial charge is 0.340 e. The highest BCUT2D eigenvalue weighted by molar-refractivity contribution is 7.89. The topological polar surface area (TPSA) is 92.8 Å². The summed E-state index contributed by atoms with van der Waals surface area (Å²) < 4.78 is 43.1. The summed E-state index contributed by atoms with van der Waals surface area (Å²) in [6.07, 6.45) is 0. The lowest BCUT2D eigenvalue weighted by Gasteiger charge is -2.13. The number of hydrogen-bond donors (Lipinski definition) is 1. The molecule has 0 radical (unpaired) electrons. The minimum atomic E-state index is -3.65. The Balaban J connectivity index is 2.01. The third-order valence-electron chi connectivity index (χ3n) is 3.38. The zero-order valence-corrected chi connectivity index (χ0v) is 16.0. The van der Waals surface area contributed by atoms with E-state index in [-0.39, 0.29) is 21.2 Å². The fourth-order valence-electron chi connectivity index (χ4n) is 2.01. The summed E-state index contributed by atoms with van der Waals surface area (Å²) in [5.74, 6) is -2.18. The lowest BCUT2D eigenvalue weighted by atomic mass is 10.2. The first-order chi connectivity index (χ1) is 12.6. The van der Waals surface area contributed by atoms with Gasteiger partial charge in [0.2, 0.25) is 10.0 Å². The second kappa shape index (κ2) is 8.47. The van der Waals surface area contributed by atoms with Crippen LogP contribution in [0.5, 0.6) is 0 Å². The van der Waals surface area contributed by atoms with Crippen molar-refractivity contribution < 1.29 is 27.1 Å². The Bertz CT molecular complexity index is 979. The van der Waals surface area contributed by atoms with Gasteiger partial charge in [-0.05, 0) is 36.4 Å². The predicted molar refractivity (Wildman–Crippen MR) is 97.6 cm³/mol. The molecule has 0 saturated carbocycles. The maximum Gasteiger partial charge on any atom is 0.340 e. The number of rotatable bonds is 6. The summed E-state index contributed by atoms with van der Waals surface area (Å²) in [5.41, 5.74) is 0.142. The van der Waals surface area contributed by atoms with Crippen LogP contribution in [0, 0.1) is 5.82 Å². The van der Waals surface area contributed by atoms with Crippen LogP contribution in [0.3, 0.4) is 0 Å². The summed E-state index contributed by atoms with van der Waals surface area (Å²) in [7, 11) is -0.875. The Labute approximate surface area is 160 Å². The number of amides is 1. The molecule has 2 aromatic rings. The van der Waals surface area contributed by atoms with Crippen LogP contribution in [-0.4, -0.2) is 45.3 Å². The van der Waals surface area contributed by atoms with Gasteiger partial charge < -0.3 is 10.1 Å². The third kappa shape index (κ3) is 5.25. The first kappa shape index (κ1) is 20.8. The summed E-state index contributed by atoms with van der Waals surface area (Å²) in [5, 5.41) is 2.29. The molecule has 0 atom stereocenters. The average Bonchev–Trinajstić information content (AvgIpc) is 2.59. The van der Waals surface area contributed by atoms with E-state index in [9.17, 15) is 22.4 Å². The van der Waals surface area contributed by atoms with Crippen molar-refractivity contribution in [2.45, 2.75) is 4.90 Å². The molecule has 0 bridgehead atoms. The number of carbonyl (C=O) groups is 2. The standard InChI is InChI=1S/C17H16ClFN2O5S/c1-21(2)27(24,25)13-5-3-4-12(9-13)20-16(22)10-26-17(23)14-7-6-11(19)8-15(14)18/h3-9H,10H2,1-2H3,(H,20,22). The molecule has 0 aliphatic heterocycles. The highest BCUT2D eigenvalue weighted by atomic mass is 35.5. The molecule has 0 saturated heterocycles. The fourth-order valence-corrected chi connectivity index (χ4v) is 3.20. The Kier molecular flexibility index (Phi) is 6.53. The monoisotopic (exact) mass is 414 g/mol. The molecule has 0 unspecified atom stereocenters. The minimum Gasteiger partial charge on any atom is -0.452 e. The zero-order chi connectivity index (χ0) is 20.2. The van der Waals surface area contributed by atoms with Gasteiger partial charge in [-0.3, -0.25) is 4.79 Å². The quantitative estimate of drug-likeness (QED) is 0.733. The maximum absolute atomic E-state index is 13.0. The van der Waals surface area contributed by atoms with Crippen molar-refractivity contribution in [2.24, 2.45) is 0 Å². The van der Waals surface area contributed by atoms with Crippen molar-refractivity contribution in [3.63, 3.8) is 0 Å². The Hall–Kier alpha value is -2.49. The molecule has 0 aromatic heterocycles. The van der Waals surface area contributed by atoms with Gasteiger partial charge in [0.1, 0.15) is 5.82 Å². The number of esters is 1. The highest BCUT2D eigenvalue weighted by Crippen LogP contribution is 2.19. The number of nitrogens with zero attached hydrogens (tertiary/aromatic N) is 1. The van der Waals surface area contributed by atoms with Gasteiger partial charge in [0.25, 0.3) is 5.91 Å². The van der Waals surface area contributed by atoms with E-state index in [4.69, 9.17) is 16.3 Å². The van der Waals surface area contributed by atoms with Gasteiger partial charge in [0.05, 0.1) is 15.5 Å². The van der Waals surface area contributed by atoms with E-state index in [1.165, 1.54) is 38.4 Å². The van der Waals surface area contributed by atoms with Crippen LogP contribution in [0.1, 0.15) is 10.4 Å². The molecule has 0 heterocycles. The van der Waals surface area contributed by atoms with E-state index < -0.39 is 34.3 Å². The Morgan fingerprint density at radius 3 is 2.52 bits per heavy atom. The van der Waals surface area contributed by atoms with E-state index in [0.29, 0.717) is 0 Å². The lowest BCUT2D eigenvalue weighted by molar-refractivity contribution is -0.119. The largest absolute Gasteiger partial charge is 0.452 e. The number of benzene rings is 2. The molecular weight excluding hydrogens is 399 g/mol. The normalized spacial score (nSPS) is 11.3. The molecule has 144 valence electrons. The SMILES string of the molecule is CN(C)S(=O)(=O)c1cccc(NC(=O)COC(=O)c2ccc(F)cc2Cl)c1. The number of sulfonamides is 1. The van der Waals surface area contributed by atoms with Crippen LogP contribution in [0.25, 0.3) is 0 Å². The van der Waals surface area contributed by atoms with E-state index in [0.717, 1.165) is 22.5 Å². The van der Waals surface area contributed by atoms with Crippen molar-refractivity contribution in [3.8, 4) is 0 Å². The van der Waals surface area contributed by atoms with Gasteiger partial charge in [-0.15, -0.1) is 0 Å². The third-order valence-corrected chi connectivity index (χ3v) is 5.51. The first-order valence-electron chi connectivity index (χ1n) is 7.56. The summed E-state index contributed by atoms with van der Waals surface area (Å²) in [6.45, 7) is -0.628. The molecule has 27 heavy (non-hydrogen) atoms. The molecule has 0 spiro atoms. The number of anilines is 1. The van der Waals surface area contributed by atoms with Crippen LogP contribution in [0.2, 0.25) is 5.02 Å². The molecule has 7 nitrogen and oxygen atoms in total. The number of halogens is 2. The molecular formula is C17H16ClFN2O5S. The van der Waals surface area contributed by atoms with Crippen molar-refractivity contribution in [1.29, 1.82) is 0 Å². The Morgan fingerprint density at radius 2 is 1.89 bits per heavy atom. The van der Waals surface area contributed by atoms with E-state index in [1.54, 1.807) is 0 Å². The molecule has 0 fully saturated rings. The second-order valence-electron chi connectivity index (χ2n) is 5.56.